The highest BCUT2D eigenvalue weighted by atomic mass is 35.5. The van der Waals surface area contributed by atoms with Crippen LogP contribution in [-0.2, 0) is 10.4 Å². The Morgan fingerprint density at radius 3 is 2.56 bits per heavy atom. The summed E-state index contributed by atoms with van der Waals surface area (Å²) in [6.07, 6.45) is 1.96. The van der Waals surface area contributed by atoms with Gasteiger partial charge in [-0.1, -0.05) is 17.7 Å². The van der Waals surface area contributed by atoms with Gasteiger partial charge in [0.15, 0.2) is 5.60 Å². The number of benzene rings is 1. The average molecular weight is 380 g/mol. The molecule has 1 aliphatic rings. The molecule has 6 heteroatoms. The number of thiophene rings is 1. The number of halogens is 1. The van der Waals surface area contributed by atoms with Crippen molar-refractivity contribution in [2.45, 2.75) is 37.9 Å². The number of rotatable bonds is 7. The highest BCUT2D eigenvalue weighted by molar-refractivity contribution is 7.10. The quantitative estimate of drug-likeness (QED) is 0.765. The molecule has 0 radical (unpaired) electrons. The number of amides is 1. The van der Waals surface area contributed by atoms with Gasteiger partial charge < -0.3 is 15.2 Å². The molecule has 1 unspecified atom stereocenters. The molecule has 1 atom stereocenters. The van der Waals surface area contributed by atoms with Crippen molar-refractivity contribution in [3.63, 3.8) is 0 Å². The molecule has 0 spiro atoms. The number of ether oxygens (including phenoxy) is 1. The van der Waals surface area contributed by atoms with Crippen LogP contribution in [0.25, 0.3) is 0 Å². The van der Waals surface area contributed by atoms with Crippen molar-refractivity contribution in [2.24, 2.45) is 5.92 Å². The maximum atomic E-state index is 12.6. The van der Waals surface area contributed by atoms with Gasteiger partial charge in [-0.05, 0) is 68.3 Å². The third kappa shape index (κ3) is 4.17. The zero-order valence-corrected chi connectivity index (χ0v) is 15.9. The van der Waals surface area contributed by atoms with Crippen molar-refractivity contribution in [3.05, 3.63) is 51.7 Å². The van der Waals surface area contributed by atoms with Crippen molar-refractivity contribution in [1.29, 1.82) is 0 Å². The molecule has 134 valence electrons. The van der Waals surface area contributed by atoms with Crippen molar-refractivity contribution in [1.82, 2.24) is 5.32 Å². The molecule has 0 saturated heterocycles. The smallest absolute Gasteiger partial charge is 0.263 e. The summed E-state index contributed by atoms with van der Waals surface area (Å²) in [5, 5.41) is 16.5. The van der Waals surface area contributed by atoms with Gasteiger partial charge in [0.1, 0.15) is 11.4 Å². The van der Waals surface area contributed by atoms with Crippen molar-refractivity contribution in [3.8, 4) is 5.75 Å². The summed E-state index contributed by atoms with van der Waals surface area (Å²) in [7, 11) is 0. The lowest BCUT2D eigenvalue weighted by atomic mass is 9.95. The summed E-state index contributed by atoms with van der Waals surface area (Å²) in [5.74, 6) is 0.505. The fourth-order valence-electron chi connectivity index (χ4n) is 2.79. The summed E-state index contributed by atoms with van der Waals surface area (Å²) in [4.78, 5) is 13.5. The molecule has 1 saturated carbocycles. The predicted octanol–water partition coefficient (Wildman–Crippen LogP) is 3.97. The van der Waals surface area contributed by atoms with E-state index in [9.17, 15) is 9.90 Å². The Kier molecular flexibility index (Phi) is 5.09. The molecule has 1 fully saturated rings. The molecule has 3 rings (SSSR count). The molecule has 0 aliphatic heterocycles. The van der Waals surface area contributed by atoms with Crippen LogP contribution in [0.3, 0.4) is 0 Å². The lowest BCUT2D eigenvalue weighted by Crippen LogP contribution is -2.51. The summed E-state index contributed by atoms with van der Waals surface area (Å²) < 4.78 is 5.80. The molecular formula is C19H22ClNO3S. The second-order valence-electron chi connectivity index (χ2n) is 6.92. The van der Waals surface area contributed by atoms with E-state index in [4.69, 9.17) is 16.3 Å². The van der Waals surface area contributed by atoms with Crippen molar-refractivity contribution >= 4 is 28.8 Å². The normalized spacial score (nSPS) is 17.0. The molecule has 1 aromatic heterocycles. The molecule has 4 nitrogen and oxygen atoms in total. The molecular weight excluding hydrogens is 358 g/mol. The number of hydrogen-bond donors (Lipinski definition) is 2. The topological polar surface area (TPSA) is 58.6 Å². The van der Waals surface area contributed by atoms with E-state index in [1.165, 1.54) is 11.3 Å². The Labute approximate surface area is 156 Å². The SMILES string of the molecule is CC(C)(Oc1ccc(Cl)cc1)C(=O)NCC(O)(c1cccs1)C1CC1. The predicted molar refractivity (Wildman–Crippen MR) is 100 cm³/mol. The summed E-state index contributed by atoms with van der Waals surface area (Å²) in [6, 6.07) is 10.7. The molecule has 25 heavy (non-hydrogen) atoms. The third-order valence-corrected chi connectivity index (χ3v) is 5.74. The van der Waals surface area contributed by atoms with Crippen LogP contribution >= 0.6 is 22.9 Å². The van der Waals surface area contributed by atoms with Gasteiger partial charge in [0.2, 0.25) is 0 Å². The first-order chi connectivity index (χ1) is 11.8. The second-order valence-corrected chi connectivity index (χ2v) is 8.31. The first kappa shape index (κ1) is 18.2. The van der Waals surface area contributed by atoms with Gasteiger partial charge in [-0.3, -0.25) is 4.79 Å². The monoisotopic (exact) mass is 379 g/mol. The first-order valence-electron chi connectivity index (χ1n) is 8.30. The summed E-state index contributed by atoms with van der Waals surface area (Å²) in [5.41, 5.74) is -2.06. The number of carbonyl (C=O) groups is 1. The second kappa shape index (κ2) is 6.98. The average Bonchev–Trinajstić information content (AvgIpc) is 3.29. The van der Waals surface area contributed by atoms with Crippen LogP contribution in [0.5, 0.6) is 5.75 Å². The Hall–Kier alpha value is -1.56. The van der Waals surface area contributed by atoms with E-state index >= 15 is 0 Å². The standard InChI is InChI=1S/C19H22ClNO3S/c1-18(2,24-15-9-7-14(20)8-10-15)17(22)21-12-19(23,13-5-6-13)16-4-3-11-25-16/h3-4,7-11,13,23H,5-6,12H2,1-2H3,(H,21,22). The lowest BCUT2D eigenvalue weighted by Gasteiger charge is -2.30. The van der Waals surface area contributed by atoms with Gasteiger partial charge in [0.05, 0.1) is 6.54 Å². The van der Waals surface area contributed by atoms with E-state index in [2.05, 4.69) is 5.32 Å². The van der Waals surface area contributed by atoms with Gasteiger partial charge in [0.25, 0.3) is 5.91 Å². The van der Waals surface area contributed by atoms with E-state index in [-0.39, 0.29) is 18.4 Å². The molecule has 1 amide bonds. The number of hydrogen-bond acceptors (Lipinski definition) is 4. The van der Waals surface area contributed by atoms with Crippen molar-refractivity contribution in [2.75, 3.05) is 6.54 Å². The van der Waals surface area contributed by atoms with Crippen LogP contribution in [0.15, 0.2) is 41.8 Å². The summed E-state index contributed by atoms with van der Waals surface area (Å²) in [6.45, 7) is 3.60. The minimum absolute atomic E-state index is 0.185. The highest BCUT2D eigenvalue weighted by Gasteiger charge is 2.46. The minimum Gasteiger partial charge on any atom is -0.478 e. The minimum atomic E-state index is -1.06. The fraction of sp³-hybridized carbons (Fsp3) is 0.421. The van der Waals surface area contributed by atoms with Crippen molar-refractivity contribution < 1.29 is 14.6 Å². The Morgan fingerprint density at radius 1 is 1.32 bits per heavy atom. The van der Waals surface area contributed by atoms with E-state index < -0.39 is 11.2 Å². The van der Waals surface area contributed by atoms with E-state index in [1.54, 1.807) is 38.1 Å². The zero-order valence-electron chi connectivity index (χ0n) is 14.3. The van der Waals surface area contributed by atoms with E-state index in [1.807, 2.05) is 17.5 Å². The van der Waals surface area contributed by atoms with E-state index in [0.29, 0.717) is 10.8 Å². The van der Waals surface area contributed by atoms with Crippen LogP contribution in [-0.4, -0.2) is 23.2 Å². The molecule has 2 aromatic rings. The molecule has 1 heterocycles. The van der Waals surface area contributed by atoms with Gasteiger partial charge in [-0.2, -0.15) is 0 Å². The molecule has 2 N–H and O–H groups in total. The summed E-state index contributed by atoms with van der Waals surface area (Å²) >= 11 is 7.38. The molecule has 0 bridgehead atoms. The highest BCUT2D eigenvalue weighted by Crippen LogP contribution is 2.46. The lowest BCUT2D eigenvalue weighted by molar-refractivity contribution is -0.135. The zero-order chi connectivity index (χ0) is 18.1. The Bertz CT molecular complexity index is 726. The van der Waals surface area contributed by atoms with Gasteiger partial charge in [0, 0.05) is 9.90 Å². The Balaban J connectivity index is 1.65. The third-order valence-electron chi connectivity index (χ3n) is 4.45. The van der Waals surface area contributed by atoms with Crippen LogP contribution < -0.4 is 10.1 Å². The maximum Gasteiger partial charge on any atom is 0.263 e. The molecule has 1 aromatic carbocycles. The van der Waals surface area contributed by atoms with Gasteiger partial charge >= 0.3 is 0 Å². The van der Waals surface area contributed by atoms with Crippen LogP contribution in [0.4, 0.5) is 0 Å². The maximum absolute atomic E-state index is 12.6. The van der Waals surface area contributed by atoms with Crippen LogP contribution in [0.1, 0.15) is 31.6 Å². The van der Waals surface area contributed by atoms with Crippen LogP contribution in [0.2, 0.25) is 5.02 Å². The number of carbonyl (C=O) groups excluding carboxylic acids is 1. The van der Waals surface area contributed by atoms with Gasteiger partial charge in [-0.25, -0.2) is 0 Å². The molecule has 1 aliphatic carbocycles. The number of nitrogens with one attached hydrogen (secondary N) is 1. The van der Waals surface area contributed by atoms with Gasteiger partial charge in [-0.15, -0.1) is 11.3 Å². The fourth-order valence-corrected chi connectivity index (χ4v) is 3.82. The number of aliphatic hydroxyl groups is 1. The largest absolute Gasteiger partial charge is 0.478 e. The first-order valence-corrected chi connectivity index (χ1v) is 9.56. The van der Waals surface area contributed by atoms with Crippen LogP contribution in [0, 0.1) is 5.92 Å². The Morgan fingerprint density at radius 2 is 2.00 bits per heavy atom. The van der Waals surface area contributed by atoms with E-state index in [0.717, 1.165) is 17.7 Å².